The number of anilines is 1. The molecule has 3 heterocycles. The summed E-state index contributed by atoms with van der Waals surface area (Å²) in [6.45, 7) is 5.44. The van der Waals surface area contributed by atoms with Crippen LogP contribution < -0.4 is 10.2 Å². The zero-order valence-electron chi connectivity index (χ0n) is 15.0. The molecule has 0 amide bonds. The number of nitrogens with one attached hydrogen (secondary N) is 1. The van der Waals surface area contributed by atoms with E-state index in [1.807, 2.05) is 12.1 Å². The number of hydrogen-bond acceptors (Lipinski definition) is 5. The van der Waals surface area contributed by atoms with E-state index in [1.54, 1.807) is 0 Å². The van der Waals surface area contributed by atoms with Crippen LogP contribution in [0.4, 0.5) is 5.82 Å². The van der Waals surface area contributed by atoms with Crippen LogP contribution in [0.25, 0.3) is 0 Å². The number of hydrogen-bond donors (Lipinski definition) is 1. The number of piperidine rings is 1. The predicted octanol–water partition coefficient (Wildman–Crippen LogP) is 2.96. The summed E-state index contributed by atoms with van der Waals surface area (Å²) in [6, 6.07) is 15.8. The molecule has 2 aromatic rings. The zero-order chi connectivity index (χ0) is 17.8. The van der Waals surface area contributed by atoms with Gasteiger partial charge >= 0.3 is 0 Å². The number of nitrogens with zero attached hydrogens (tertiary/aromatic N) is 4. The number of rotatable bonds is 5. The Kier molecular flexibility index (Phi) is 5.68. The minimum absolute atomic E-state index is 0.451. The Balaban J connectivity index is 1.22. The molecule has 0 radical (unpaired) electrons. The van der Waals surface area contributed by atoms with Crippen molar-refractivity contribution in [3.63, 3.8) is 0 Å². The summed E-state index contributed by atoms with van der Waals surface area (Å²) in [6.07, 6.45) is 3.55. The first-order valence-corrected chi connectivity index (χ1v) is 9.90. The fourth-order valence-electron chi connectivity index (χ4n) is 4.04. The van der Waals surface area contributed by atoms with Gasteiger partial charge in [0.25, 0.3) is 0 Å². The predicted molar refractivity (Wildman–Crippen MR) is 106 cm³/mol. The van der Waals surface area contributed by atoms with E-state index in [0.717, 1.165) is 44.8 Å². The maximum Gasteiger partial charge on any atom is 0.151 e. The molecule has 1 atom stereocenters. The molecule has 1 N–H and O–H groups in total. The lowest BCUT2D eigenvalue weighted by molar-refractivity contribution is 0.306. The molecule has 0 bridgehead atoms. The average Bonchev–Trinajstić information content (AvgIpc) is 3.11. The molecule has 4 rings (SSSR count). The van der Waals surface area contributed by atoms with Crippen molar-refractivity contribution in [2.24, 2.45) is 0 Å². The van der Waals surface area contributed by atoms with Gasteiger partial charge in [-0.3, -0.25) is 4.90 Å². The van der Waals surface area contributed by atoms with E-state index in [0.29, 0.717) is 17.2 Å². The van der Waals surface area contributed by atoms with E-state index < -0.39 is 0 Å². The van der Waals surface area contributed by atoms with Crippen molar-refractivity contribution in [3.05, 3.63) is 53.2 Å². The number of halogens is 1. The molecule has 138 valence electrons. The second-order valence-electron chi connectivity index (χ2n) is 7.35. The first-order valence-electron chi connectivity index (χ1n) is 9.53. The molecule has 2 aliphatic heterocycles. The molecule has 1 aromatic carbocycles. The largest absolute Gasteiger partial charge is 0.355 e. The zero-order valence-corrected chi connectivity index (χ0v) is 15.8. The molecule has 2 fully saturated rings. The van der Waals surface area contributed by atoms with Crippen molar-refractivity contribution in [1.82, 2.24) is 20.4 Å². The first-order chi connectivity index (χ1) is 12.8. The number of aromatic nitrogens is 2. The van der Waals surface area contributed by atoms with Crippen LogP contribution in [-0.2, 0) is 6.54 Å². The van der Waals surface area contributed by atoms with Crippen LogP contribution in [0.2, 0.25) is 5.15 Å². The van der Waals surface area contributed by atoms with E-state index in [2.05, 4.69) is 55.6 Å². The van der Waals surface area contributed by atoms with Gasteiger partial charge in [0.05, 0.1) is 0 Å². The van der Waals surface area contributed by atoms with Gasteiger partial charge in [-0.25, -0.2) is 0 Å². The smallest absolute Gasteiger partial charge is 0.151 e. The van der Waals surface area contributed by atoms with Crippen LogP contribution >= 0.6 is 11.6 Å². The summed E-state index contributed by atoms with van der Waals surface area (Å²) in [5.41, 5.74) is 1.41. The third-order valence-corrected chi connectivity index (χ3v) is 5.63. The van der Waals surface area contributed by atoms with Gasteiger partial charge in [0.15, 0.2) is 11.0 Å². The van der Waals surface area contributed by atoms with Crippen molar-refractivity contribution in [3.8, 4) is 0 Å². The van der Waals surface area contributed by atoms with E-state index in [4.69, 9.17) is 11.6 Å². The van der Waals surface area contributed by atoms with Crippen LogP contribution in [0, 0.1) is 0 Å². The SMILES string of the molecule is Clc1ccc(N2CCC(N[C@H]3CCN(Cc4ccccc4)C3)CC2)nn1. The van der Waals surface area contributed by atoms with Crippen LogP contribution in [0.1, 0.15) is 24.8 Å². The van der Waals surface area contributed by atoms with E-state index in [1.165, 1.54) is 18.5 Å². The fourth-order valence-corrected chi connectivity index (χ4v) is 4.14. The highest BCUT2D eigenvalue weighted by Gasteiger charge is 2.27. The monoisotopic (exact) mass is 371 g/mol. The lowest BCUT2D eigenvalue weighted by Gasteiger charge is -2.34. The molecule has 0 spiro atoms. The maximum absolute atomic E-state index is 5.83. The van der Waals surface area contributed by atoms with Gasteiger partial charge in [-0.2, -0.15) is 0 Å². The second-order valence-corrected chi connectivity index (χ2v) is 7.74. The van der Waals surface area contributed by atoms with Crippen LogP contribution in [-0.4, -0.2) is 53.4 Å². The molecule has 0 unspecified atom stereocenters. The third-order valence-electron chi connectivity index (χ3n) is 5.43. The molecule has 6 heteroatoms. The van der Waals surface area contributed by atoms with Crippen molar-refractivity contribution in [2.45, 2.75) is 37.9 Å². The van der Waals surface area contributed by atoms with Gasteiger partial charge in [-0.15, -0.1) is 10.2 Å². The maximum atomic E-state index is 5.83. The Labute approximate surface area is 160 Å². The second kappa shape index (κ2) is 8.33. The number of benzene rings is 1. The molecule has 5 nitrogen and oxygen atoms in total. The Morgan fingerprint density at radius 2 is 1.69 bits per heavy atom. The molecule has 2 aliphatic rings. The topological polar surface area (TPSA) is 44.3 Å². The van der Waals surface area contributed by atoms with Crippen LogP contribution in [0.3, 0.4) is 0 Å². The lowest BCUT2D eigenvalue weighted by Crippen LogP contribution is -2.47. The van der Waals surface area contributed by atoms with Crippen molar-refractivity contribution >= 4 is 17.4 Å². The minimum atomic E-state index is 0.451. The Hall–Kier alpha value is -1.69. The lowest BCUT2D eigenvalue weighted by atomic mass is 10.0. The molecule has 1 aromatic heterocycles. The Morgan fingerprint density at radius 3 is 2.42 bits per heavy atom. The first kappa shape index (κ1) is 17.7. The summed E-state index contributed by atoms with van der Waals surface area (Å²) in [5.74, 6) is 0.933. The van der Waals surface area contributed by atoms with Crippen molar-refractivity contribution in [2.75, 3.05) is 31.1 Å². The molecule has 2 saturated heterocycles. The standard InChI is InChI=1S/C20H26ClN5/c21-19-6-7-20(24-23-19)26-12-9-17(10-13-26)22-18-8-11-25(15-18)14-16-4-2-1-3-5-16/h1-7,17-18,22H,8-15H2/t18-/m0/s1. The molecule has 0 saturated carbocycles. The van der Waals surface area contributed by atoms with Gasteiger partial charge in [-0.05, 0) is 37.0 Å². The summed E-state index contributed by atoms with van der Waals surface area (Å²) >= 11 is 5.83. The highest BCUT2D eigenvalue weighted by Crippen LogP contribution is 2.20. The molecular formula is C20H26ClN5. The van der Waals surface area contributed by atoms with Crippen molar-refractivity contribution < 1.29 is 0 Å². The highest BCUT2D eigenvalue weighted by molar-refractivity contribution is 6.29. The van der Waals surface area contributed by atoms with Crippen LogP contribution in [0.5, 0.6) is 0 Å². The van der Waals surface area contributed by atoms with Gasteiger partial charge in [0.1, 0.15) is 0 Å². The summed E-state index contributed by atoms with van der Waals surface area (Å²) < 4.78 is 0. The van der Waals surface area contributed by atoms with Crippen molar-refractivity contribution in [1.29, 1.82) is 0 Å². The van der Waals surface area contributed by atoms with Crippen LogP contribution in [0.15, 0.2) is 42.5 Å². The summed E-state index contributed by atoms with van der Waals surface area (Å²) in [4.78, 5) is 4.86. The molecule has 0 aliphatic carbocycles. The fraction of sp³-hybridized carbons (Fsp3) is 0.500. The van der Waals surface area contributed by atoms with E-state index >= 15 is 0 Å². The third kappa shape index (κ3) is 4.53. The average molecular weight is 372 g/mol. The van der Waals surface area contributed by atoms with Gasteiger partial charge in [0.2, 0.25) is 0 Å². The van der Waals surface area contributed by atoms with E-state index in [-0.39, 0.29) is 0 Å². The molecule has 26 heavy (non-hydrogen) atoms. The molecular weight excluding hydrogens is 346 g/mol. The normalized spacial score (nSPS) is 22.0. The number of likely N-dealkylation sites (tertiary alicyclic amines) is 1. The van der Waals surface area contributed by atoms with E-state index in [9.17, 15) is 0 Å². The quantitative estimate of drug-likeness (QED) is 0.875. The van der Waals surface area contributed by atoms with Gasteiger partial charge in [0, 0.05) is 44.8 Å². The Bertz CT molecular complexity index is 685. The van der Waals surface area contributed by atoms with Gasteiger partial charge < -0.3 is 10.2 Å². The highest BCUT2D eigenvalue weighted by atomic mass is 35.5. The Morgan fingerprint density at radius 1 is 0.923 bits per heavy atom. The summed E-state index contributed by atoms with van der Waals surface area (Å²) in [5, 5.41) is 12.5. The minimum Gasteiger partial charge on any atom is -0.355 e. The van der Waals surface area contributed by atoms with Gasteiger partial charge in [-0.1, -0.05) is 41.9 Å². The summed E-state index contributed by atoms with van der Waals surface area (Å²) in [7, 11) is 0.